The smallest absolute Gasteiger partial charge is 0.326 e. The van der Waals surface area contributed by atoms with E-state index in [1.807, 2.05) is 0 Å². The predicted octanol–water partition coefficient (Wildman–Crippen LogP) is 2.93. The van der Waals surface area contributed by atoms with Crippen LogP contribution in [0.15, 0.2) is 50.4 Å². The van der Waals surface area contributed by atoms with Crippen molar-refractivity contribution in [1.82, 2.24) is 0 Å². The zero-order valence-electron chi connectivity index (χ0n) is 9.83. The monoisotopic (exact) mass is 360 g/mol. The van der Waals surface area contributed by atoms with Gasteiger partial charge in [0.25, 0.3) is 10.1 Å². The topological polar surface area (TPSA) is 109 Å². The summed E-state index contributed by atoms with van der Waals surface area (Å²) in [5.74, 6) is 0.223. The predicted molar refractivity (Wildman–Crippen MR) is 75.3 cm³/mol. The normalized spacial score (nSPS) is 11.1. The van der Waals surface area contributed by atoms with Crippen LogP contribution in [-0.4, -0.2) is 19.0 Å². The highest BCUT2D eigenvalue weighted by Crippen LogP contribution is 2.19. The lowest BCUT2D eigenvalue weighted by Crippen LogP contribution is -2.19. The van der Waals surface area contributed by atoms with Crippen molar-refractivity contribution in [3.63, 3.8) is 0 Å². The zero-order chi connectivity index (χ0) is 14.8. The number of carbonyl (C=O) groups excluding carboxylic acids is 1. The molecule has 0 atom stereocenters. The maximum absolute atomic E-state index is 11.6. The van der Waals surface area contributed by atoms with Crippen LogP contribution in [0.5, 0.6) is 0 Å². The van der Waals surface area contributed by atoms with Gasteiger partial charge in [0.05, 0.1) is 4.90 Å². The number of hydrogen-bond donors (Lipinski definition) is 3. The Labute approximate surface area is 122 Å². The number of hydrogen-bond acceptors (Lipinski definition) is 4. The van der Waals surface area contributed by atoms with E-state index in [2.05, 4.69) is 26.6 Å². The van der Waals surface area contributed by atoms with E-state index in [0.717, 1.165) is 6.07 Å². The molecule has 2 amide bonds. The molecule has 0 saturated carbocycles. The van der Waals surface area contributed by atoms with Crippen LogP contribution in [0.4, 0.5) is 16.4 Å². The number of benzene rings is 1. The lowest BCUT2D eigenvalue weighted by atomic mass is 10.3. The molecule has 0 unspecified atom stereocenters. The Balaban J connectivity index is 2.08. The number of anilines is 2. The number of furan rings is 1. The zero-order valence-corrected chi connectivity index (χ0v) is 12.2. The van der Waals surface area contributed by atoms with Crippen molar-refractivity contribution in [2.24, 2.45) is 0 Å². The van der Waals surface area contributed by atoms with Crippen molar-refractivity contribution in [1.29, 1.82) is 0 Å². The molecule has 0 aliphatic rings. The Morgan fingerprint density at radius 1 is 1.20 bits per heavy atom. The van der Waals surface area contributed by atoms with E-state index in [1.54, 1.807) is 6.07 Å². The second-order valence-electron chi connectivity index (χ2n) is 3.69. The summed E-state index contributed by atoms with van der Waals surface area (Å²) in [6.45, 7) is 0. The summed E-state index contributed by atoms with van der Waals surface area (Å²) >= 11 is 3.09. The minimum atomic E-state index is -4.31. The molecule has 2 rings (SSSR count). The van der Waals surface area contributed by atoms with Gasteiger partial charge in [-0.3, -0.25) is 9.87 Å². The number of amides is 2. The Bertz CT molecular complexity index is 741. The van der Waals surface area contributed by atoms with E-state index in [4.69, 9.17) is 8.97 Å². The molecule has 1 aromatic heterocycles. The van der Waals surface area contributed by atoms with Gasteiger partial charge in [0, 0.05) is 11.8 Å². The van der Waals surface area contributed by atoms with Gasteiger partial charge >= 0.3 is 6.03 Å². The van der Waals surface area contributed by atoms with Crippen molar-refractivity contribution >= 4 is 43.7 Å². The van der Waals surface area contributed by atoms with Gasteiger partial charge in [-0.1, -0.05) is 6.07 Å². The molecule has 2 aromatic rings. The van der Waals surface area contributed by atoms with Gasteiger partial charge < -0.3 is 9.73 Å². The van der Waals surface area contributed by atoms with Crippen LogP contribution in [-0.2, 0) is 10.1 Å². The molecular weight excluding hydrogens is 352 g/mol. The molecule has 0 aliphatic carbocycles. The van der Waals surface area contributed by atoms with Gasteiger partial charge in [0.1, 0.15) is 0 Å². The molecule has 0 spiro atoms. The Morgan fingerprint density at radius 2 is 1.95 bits per heavy atom. The fourth-order valence-electron chi connectivity index (χ4n) is 1.39. The first-order valence-electron chi connectivity index (χ1n) is 5.25. The first-order chi connectivity index (χ1) is 9.34. The lowest BCUT2D eigenvalue weighted by molar-refractivity contribution is 0.261. The van der Waals surface area contributed by atoms with Gasteiger partial charge in [-0.15, -0.1) is 0 Å². The summed E-state index contributed by atoms with van der Waals surface area (Å²) in [5, 5.41) is 4.82. The highest BCUT2D eigenvalue weighted by Gasteiger charge is 2.11. The summed E-state index contributed by atoms with van der Waals surface area (Å²) in [7, 11) is -4.31. The van der Waals surface area contributed by atoms with Crippen molar-refractivity contribution < 1.29 is 22.2 Å². The molecule has 0 saturated heterocycles. The number of nitrogens with one attached hydrogen (secondary N) is 2. The van der Waals surface area contributed by atoms with Crippen molar-refractivity contribution in [3.05, 3.63) is 41.1 Å². The summed E-state index contributed by atoms with van der Waals surface area (Å²) < 4.78 is 36.4. The molecule has 9 heteroatoms. The third-order valence-corrected chi connectivity index (χ3v) is 3.48. The molecule has 0 fully saturated rings. The van der Waals surface area contributed by atoms with Crippen molar-refractivity contribution in [3.8, 4) is 0 Å². The molecule has 0 radical (unpaired) electrons. The molecule has 0 bridgehead atoms. The van der Waals surface area contributed by atoms with E-state index in [-0.39, 0.29) is 16.5 Å². The Hall–Kier alpha value is -1.84. The maximum Gasteiger partial charge on any atom is 0.326 e. The van der Waals surface area contributed by atoms with Gasteiger partial charge in [0.2, 0.25) is 5.88 Å². The van der Waals surface area contributed by atoms with Crippen molar-refractivity contribution in [2.45, 2.75) is 4.90 Å². The maximum atomic E-state index is 11.6. The van der Waals surface area contributed by atoms with Crippen LogP contribution in [0, 0.1) is 0 Å². The van der Waals surface area contributed by atoms with Crippen LogP contribution in [0.3, 0.4) is 0 Å². The fourth-order valence-corrected chi connectivity index (χ4v) is 2.22. The molecule has 20 heavy (non-hydrogen) atoms. The molecule has 1 heterocycles. The lowest BCUT2D eigenvalue weighted by Gasteiger charge is -2.06. The summed E-state index contributed by atoms with van der Waals surface area (Å²) in [6.07, 6.45) is 0. The van der Waals surface area contributed by atoms with Crippen molar-refractivity contribution in [2.75, 3.05) is 10.6 Å². The standard InChI is InChI=1S/C11H9BrN2O5S/c12-9-4-5-10(19-9)14-11(15)13-7-2-1-3-8(6-7)20(16,17)18/h1-6H,(H2,13,14,15)(H,16,17,18). The first-order valence-corrected chi connectivity index (χ1v) is 7.49. The van der Waals surface area contributed by atoms with Gasteiger partial charge in [-0.05, 0) is 40.2 Å². The Morgan fingerprint density at radius 3 is 2.55 bits per heavy atom. The molecule has 1 aromatic carbocycles. The summed E-state index contributed by atoms with van der Waals surface area (Å²) in [4.78, 5) is 11.3. The molecule has 7 nitrogen and oxygen atoms in total. The third kappa shape index (κ3) is 3.83. The quantitative estimate of drug-likeness (QED) is 0.729. The highest BCUT2D eigenvalue weighted by molar-refractivity contribution is 9.10. The number of halogens is 1. The van der Waals surface area contributed by atoms with E-state index >= 15 is 0 Å². The molecular formula is C11H9BrN2O5S. The van der Waals surface area contributed by atoms with Crippen LogP contribution in [0.2, 0.25) is 0 Å². The third-order valence-electron chi connectivity index (χ3n) is 2.20. The number of carbonyl (C=O) groups is 1. The Kier molecular flexibility index (Phi) is 4.12. The first kappa shape index (κ1) is 14.6. The molecule has 106 valence electrons. The van der Waals surface area contributed by atoms with Crippen LogP contribution in [0.25, 0.3) is 0 Å². The fraction of sp³-hybridized carbons (Fsp3) is 0. The van der Waals surface area contributed by atoms with Crippen LogP contribution in [0.1, 0.15) is 0 Å². The van der Waals surface area contributed by atoms with E-state index in [9.17, 15) is 13.2 Å². The summed E-state index contributed by atoms with van der Waals surface area (Å²) in [6, 6.07) is 7.75. The molecule has 0 aliphatic heterocycles. The minimum absolute atomic E-state index is 0.211. The number of rotatable bonds is 3. The summed E-state index contributed by atoms with van der Waals surface area (Å²) in [5.41, 5.74) is 0.211. The average Bonchev–Trinajstić information content (AvgIpc) is 2.73. The van der Waals surface area contributed by atoms with Gasteiger partial charge in [0.15, 0.2) is 4.67 Å². The van der Waals surface area contributed by atoms with Crippen LogP contribution >= 0.6 is 15.9 Å². The second-order valence-corrected chi connectivity index (χ2v) is 5.89. The second kappa shape index (κ2) is 5.65. The van der Waals surface area contributed by atoms with E-state index in [1.165, 1.54) is 24.3 Å². The average molecular weight is 361 g/mol. The van der Waals surface area contributed by atoms with E-state index < -0.39 is 16.1 Å². The van der Waals surface area contributed by atoms with E-state index in [0.29, 0.717) is 4.67 Å². The largest absolute Gasteiger partial charge is 0.434 e. The molecule has 3 N–H and O–H groups in total. The minimum Gasteiger partial charge on any atom is -0.434 e. The van der Waals surface area contributed by atoms with Gasteiger partial charge in [-0.25, -0.2) is 4.79 Å². The SMILES string of the molecule is O=C(Nc1cccc(S(=O)(=O)O)c1)Nc1ccc(Br)o1. The van der Waals surface area contributed by atoms with Crippen LogP contribution < -0.4 is 10.6 Å². The number of urea groups is 1. The highest BCUT2D eigenvalue weighted by atomic mass is 79.9. The van der Waals surface area contributed by atoms with Gasteiger partial charge in [-0.2, -0.15) is 8.42 Å².